The van der Waals surface area contributed by atoms with Gasteiger partial charge in [0.25, 0.3) is 0 Å². The zero-order chi connectivity index (χ0) is 15.0. The highest BCUT2D eigenvalue weighted by molar-refractivity contribution is 5.75. The Morgan fingerprint density at radius 2 is 2.15 bits per heavy atom. The topological polar surface area (TPSA) is 73.6 Å². The molecule has 112 valence electrons. The lowest BCUT2D eigenvalue weighted by Crippen LogP contribution is -2.25. The molecule has 3 N–H and O–H groups in total. The maximum Gasteiger partial charge on any atom is 0.220 e. The second-order valence-electron chi connectivity index (χ2n) is 4.71. The lowest BCUT2D eigenvalue weighted by atomic mass is 10.1. The Labute approximate surface area is 120 Å². The number of nitrogens with two attached hydrogens (primary N) is 1. The van der Waals surface area contributed by atoms with Crippen molar-refractivity contribution in [3.05, 3.63) is 23.8 Å². The van der Waals surface area contributed by atoms with Crippen LogP contribution in [0, 0.1) is 0 Å². The highest BCUT2D eigenvalue weighted by Gasteiger charge is 2.07. The number of nitrogens with one attached hydrogen (secondary N) is 1. The van der Waals surface area contributed by atoms with E-state index < -0.39 is 0 Å². The molecule has 5 nitrogen and oxygen atoms in total. The number of carbonyl (C=O) groups is 1. The molecule has 0 bridgehead atoms. The molecule has 1 aromatic carbocycles. The molecule has 0 aromatic heterocycles. The molecule has 0 heterocycles. The van der Waals surface area contributed by atoms with Gasteiger partial charge in [0.05, 0.1) is 13.7 Å². The minimum Gasteiger partial charge on any atom is -0.493 e. The summed E-state index contributed by atoms with van der Waals surface area (Å²) in [5.74, 6) is 1.40. The molecule has 0 aliphatic carbocycles. The van der Waals surface area contributed by atoms with Gasteiger partial charge in [-0.25, -0.2) is 0 Å². The fourth-order valence-electron chi connectivity index (χ4n) is 1.75. The van der Waals surface area contributed by atoms with Crippen LogP contribution in [-0.2, 0) is 11.3 Å². The molecule has 0 aliphatic heterocycles. The van der Waals surface area contributed by atoms with Crippen LogP contribution in [0.25, 0.3) is 0 Å². The van der Waals surface area contributed by atoms with Crippen LogP contribution < -0.4 is 20.5 Å². The Balaban J connectivity index is 2.55. The smallest absolute Gasteiger partial charge is 0.220 e. The summed E-state index contributed by atoms with van der Waals surface area (Å²) in [5, 5.41) is 2.87. The standard InChI is InChI=1S/C15H24N2O3/c1-4-20-14-9-12(6-7-13(14)19-3)10-17-15(18)8-5-11(2)16/h6-7,9,11H,4-5,8,10,16H2,1-3H3,(H,17,18). The van der Waals surface area contributed by atoms with Crippen molar-refractivity contribution in [3.63, 3.8) is 0 Å². The van der Waals surface area contributed by atoms with Crippen molar-refractivity contribution in [3.8, 4) is 11.5 Å². The molecule has 1 atom stereocenters. The van der Waals surface area contributed by atoms with E-state index >= 15 is 0 Å². The van der Waals surface area contributed by atoms with Gasteiger partial charge in [-0.2, -0.15) is 0 Å². The SMILES string of the molecule is CCOc1cc(CNC(=O)CCC(C)N)ccc1OC. The van der Waals surface area contributed by atoms with E-state index in [-0.39, 0.29) is 11.9 Å². The van der Waals surface area contributed by atoms with Crippen LogP contribution >= 0.6 is 0 Å². The van der Waals surface area contributed by atoms with Crippen molar-refractivity contribution in [1.82, 2.24) is 5.32 Å². The van der Waals surface area contributed by atoms with Gasteiger partial charge in [0, 0.05) is 19.0 Å². The van der Waals surface area contributed by atoms with E-state index in [1.165, 1.54) is 0 Å². The molecular formula is C15H24N2O3. The third-order valence-electron chi connectivity index (χ3n) is 2.84. The molecule has 1 amide bonds. The maximum absolute atomic E-state index is 11.6. The molecule has 0 fully saturated rings. The summed E-state index contributed by atoms with van der Waals surface area (Å²) in [6, 6.07) is 5.68. The molecule has 1 rings (SSSR count). The van der Waals surface area contributed by atoms with E-state index in [4.69, 9.17) is 15.2 Å². The monoisotopic (exact) mass is 280 g/mol. The fourth-order valence-corrected chi connectivity index (χ4v) is 1.75. The van der Waals surface area contributed by atoms with E-state index in [0.717, 1.165) is 5.56 Å². The fraction of sp³-hybridized carbons (Fsp3) is 0.533. The first kappa shape index (κ1) is 16.3. The van der Waals surface area contributed by atoms with E-state index in [2.05, 4.69) is 5.32 Å². The number of rotatable bonds is 8. The number of hydrogen-bond acceptors (Lipinski definition) is 4. The minimum absolute atomic E-state index is 0.0103. The largest absolute Gasteiger partial charge is 0.493 e. The highest BCUT2D eigenvalue weighted by atomic mass is 16.5. The molecule has 0 radical (unpaired) electrons. The first-order chi connectivity index (χ1) is 9.56. The van der Waals surface area contributed by atoms with Crippen molar-refractivity contribution >= 4 is 5.91 Å². The summed E-state index contributed by atoms with van der Waals surface area (Å²) in [6.45, 7) is 4.86. The van der Waals surface area contributed by atoms with Crippen LogP contribution in [-0.4, -0.2) is 25.7 Å². The molecule has 1 aromatic rings. The van der Waals surface area contributed by atoms with Crippen LogP contribution in [0.15, 0.2) is 18.2 Å². The lowest BCUT2D eigenvalue weighted by Gasteiger charge is -2.12. The first-order valence-corrected chi connectivity index (χ1v) is 6.88. The Morgan fingerprint density at radius 1 is 1.40 bits per heavy atom. The van der Waals surface area contributed by atoms with E-state index in [1.54, 1.807) is 7.11 Å². The minimum atomic E-state index is 0.0103. The van der Waals surface area contributed by atoms with Gasteiger partial charge in [-0.05, 0) is 38.0 Å². The predicted octanol–water partition coefficient (Wildman–Crippen LogP) is 1.84. The zero-order valence-corrected chi connectivity index (χ0v) is 12.4. The van der Waals surface area contributed by atoms with Crippen molar-refractivity contribution in [2.24, 2.45) is 5.73 Å². The third kappa shape index (κ3) is 5.48. The van der Waals surface area contributed by atoms with Crippen molar-refractivity contribution < 1.29 is 14.3 Å². The summed E-state index contributed by atoms with van der Waals surface area (Å²) in [5.41, 5.74) is 6.60. The van der Waals surface area contributed by atoms with Gasteiger partial charge in [0.2, 0.25) is 5.91 Å². The van der Waals surface area contributed by atoms with Gasteiger partial charge >= 0.3 is 0 Å². The summed E-state index contributed by atoms with van der Waals surface area (Å²) in [4.78, 5) is 11.6. The summed E-state index contributed by atoms with van der Waals surface area (Å²) in [6.07, 6.45) is 1.14. The highest BCUT2D eigenvalue weighted by Crippen LogP contribution is 2.27. The average molecular weight is 280 g/mol. The van der Waals surface area contributed by atoms with Crippen LogP contribution in [0.4, 0.5) is 0 Å². The van der Waals surface area contributed by atoms with Gasteiger partial charge in [-0.15, -0.1) is 0 Å². The molecular weight excluding hydrogens is 256 g/mol. The molecule has 0 saturated heterocycles. The molecule has 0 aliphatic rings. The van der Waals surface area contributed by atoms with Crippen molar-refractivity contribution in [2.75, 3.05) is 13.7 Å². The Hall–Kier alpha value is -1.75. The van der Waals surface area contributed by atoms with Crippen LogP contribution in [0.2, 0.25) is 0 Å². The number of benzene rings is 1. The number of methoxy groups -OCH3 is 1. The molecule has 20 heavy (non-hydrogen) atoms. The summed E-state index contributed by atoms with van der Waals surface area (Å²) >= 11 is 0. The van der Waals surface area contributed by atoms with E-state index in [0.29, 0.717) is 37.5 Å². The van der Waals surface area contributed by atoms with Gasteiger partial charge in [-0.3, -0.25) is 4.79 Å². The number of hydrogen-bond donors (Lipinski definition) is 2. The molecule has 5 heteroatoms. The second kappa shape index (κ2) is 8.43. The maximum atomic E-state index is 11.6. The van der Waals surface area contributed by atoms with Crippen molar-refractivity contribution in [1.29, 1.82) is 0 Å². The molecule has 1 unspecified atom stereocenters. The molecule has 0 saturated carbocycles. The summed E-state index contributed by atoms with van der Waals surface area (Å²) < 4.78 is 10.7. The quantitative estimate of drug-likeness (QED) is 0.762. The van der Waals surface area contributed by atoms with Crippen molar-refractivity contribution in [2.45, 2.75) is 39.3 Å². The Kier molecular flexibility index (Phi) is 6.87. The normalized spacial score (nSPS) is 11.8. The Morgan fingerprint density at radius 3 is 2.75 bits per heavy atom. The van der Waals surface area contributed by atoms with E-state index in [9.17, 15) is 4.79 Å². The van der Waals surface area contributed by atoms with Gasteiger partial charge < -0.3 is 20.5 Å². The van der Waals surface area contributed by atoms with Gasteiger partial charge in [0.1, 0.15) is 0 Å². The van der Waals surface area contributed by atoms with Crippen LogP contribution in [0.5, 0.6) is 11.5 Å². The number of carbonyl (C=O) groups excluding carboxylic acids is 1. The third-order valence-corrected chi connectivity index (χ3v) is 2.84. The average Bonchev–Trinajstić information content (AvgIpc) is 2.43. The molecule has 0 spiro atoms. The van der Waals surface area contributed by atoms with Gasteiger partial charge in [-0.1, -0.05) is 6.07 Å². The lowest BCUT2D eigenvalue weighted by molar-refractivity contribution is -0.121. The van der Waals surface area contributed by atoms with E-state index in [1.807, 2.05) is 32.0 Å². The van der Waals surface area contributed by atoms with Gasteiger partial charge in [0.15, 0.2) is 11.5 Å². The first-order valence-electron chi connectivity index (χ1n) is 6.88. The van der Waals surface area contributed by atoms with Crippen LogP contribution in [0.1, 0.15) is 32.3 Å². The van der Waals surface area contributed by atoms with Crippen LogP contribution in [0.3, 0.4) is 0 Å². The number of ether oxygens (including phenoxy) is 2. The Bertz CT molecular complexity index is 433. The predicted molar refractivity (Wildman–Crippen MR) is 78.9 cm³/mol. The second-order valence-corrected chi connectivity index (χ2v) is 4.71. The number of amides is 1. The zero-order valence-electron chi connectivity index (χ0n) is 12.4. The summed E-state index contributed by atoms with van der Waals surface area (Å²) in [7, 11) is 1.60.